The molecule has 0 saturated carbocycles. The summed E-state index contributed by atoms with van der Waals surface area (Å²) in [4.78, 5) is 24.7. The van der Waals surface area contributed by atoms with Crippen molar-refractivity contribution < 1.29 is 14.7 Å². The maximum atomic E-state index is 12.2. The van der Waals surface area contributed by atoms with Crippen LogP contribution in [-0.2, 0) is 4.79 Å². The van der Waals surface area contributed by atoms with E-state index in [9.17, 15) is 9.59 Å². The number of amides is 1. The van der Waals surface area contributed by atoms with Crippen molar-refractivity contribution in [3.63, 3.8) is 0 Å². The SMILES string of the molecule is CC(C(=O)O)C1CN(C(=O)c2ccc(Br)cc2N)C1. The number of benzene rings is 1. The maximum absolute atomic E-state index is 12.2. The number of nitrogen functional groups attached to an aromatic ring is 1. The number of nitrogens with two attached hydrogens (primary N) is 1. The summed E-state index contributed by atoms with van der Waals surface area (Å²) in [5.74, 6) is -1.36. The van der Waals surface area contributed by atoms with Gasteiger partial charge >= 0.3 is 5.97 Å². The van der Waals surface area contributed by atoms with Gasteiger partial charge in [-0.05, 0) is 18.2 Å². The first-order chi connectivity index (χ1) is 8.90. The molecule has 1 saturated heterocycles. The smallest absolute Gasteiger partial charge is 0.306 e. The molecule has 1 heterocycles. The summed E-state index contributed by atoms with van der Waals surface area (Å²) in [6, 6.07) is 5.13. The third-order valence-corrected chi connectivity index (χ3v) is 4.03. The minimum absolute atomic E-state index is 0.0260. The average molecular weight is 327 g/mol. The van der Waals surface area contributed by atoms with Crippen molar-refractivity contribution in [1.82, 2.24) is 4.90 Å². The van der Waals surface area contributed by atoms with Gasteiger partial charge in [0.1, 0.15) is 0 Å². The molecule has 2 rings (SSSR count). The second-order valence-electron chi connectivity index (χ2n) is 4.83. The Labute approximate surface area is 119 Å². The molecule has 1 aromatic carbocycles. The summed E-state index contributed by atoms with van der Waals surface area (Å²) < 4.78 is 0.822. The highest BCUT2D eigenvalue weighted by Crippen LogP contribution is 2.27. The second kappa shape index (κ2) is 5.21. The van der Waals surface area contributed by atoms with E-state index in [1.165, 1.54) is 0 Å². The molecule has 1 atom stereocenters. The van der Waals surface area contributed by atoms with Crippen molar-refractivity contribution >= 4 is 33.5 Å². The lowest BCUT2D eigenvalue weighted by molar-refractivity contribution is -0.144. The van der Waals surface area contributed by atoms with Crippen molar-refractivity contribution in [1.29, 1.82) is 0 Å². The van der Waals surface area contributed by atoms with Crippen molar-refractivity contribution in [2.24, 2.45) is 11.8 Å². The van der Waals surface area contributed by atoms with E-state index >= 15 is 0 Å². The van der Waals surface area contributed by atoms with Gasteiger partial charge in [-0.2, -0.15) is 0 Å². The largest absolute Gasteiger partial charge is 0.481 e. The van der Waals surface area contributed by atoms with E-state index < -0.39 is 11.9 Å². The molecule has 102 valence electrons. The van der Waals surface area contributed by atoms with Crippen molar-refractivity contribution in [2.75, 3.05) is 18.8 Å². The molecule has 1 aliphatic heterocycles. The molecule has 0 aliphatic carbocycles. The fraction of sp³-hybridized carbons (Fsp3) is 0.385. The Balaban J connectivity index is 2.02. The van der Waals surface area contributed by atoms with Gasteiger partial charge in [-0.15, -0.1) is 0 Å². The summed E-state index contributed by atoms with van der Waals surface area (Å²) in [5, 5.41) is 8.91. The van der Waals surface area contributed by atoms with Gasteiger partial charge in [0.15, 0.2) is 0 Å². The van der Waals surface area contributed by atoms with Gasteiger partial charge in [0, 0.05) is 29.2 Å². The van der Waals surface area contributed by atoms with Crippen LogP contribution in [0.4, 0.5) is 5.69 Å². The second-order valence-corrected chi connectivity index (χ2v) is 5.74. The highest BCUT2D eigenvalue weighted by molar-refractivity contribution is 9.10. The first-order valence-electron chi connectivity index (χ1n) is 5.97. The molecule has 5 nitrogen and oxygen atoms in total. The number of hydrogen-bond acceptors (Lipinski definition) is 3. The predicted octanol–water partition coefficient (Wildman–Crippen LogP) is 1.82. The zero-order valence-corrected chi connectivity index (χ0v) is 12.1. The third-order valence-electron chi connectivity index (χ3n) is 3.54. The van der Waals surface area contributed by atoms with E-state index in [1.807, 2.05) is 0 Å². The molecule has 3 N–H and O–H groups in total. The number of carboxylic acids is 1. The lowest BCUT2D eigenvalue weighted by Crippen LogP contribution is -2.53. The van der Waals surface area contributed by atoms with Gasteiger partial charge in [-0.25, -0.2) is 0 Å². The fourth-order valence-corrected chi connectivity index (χ4v) is 2.47. The van der Waals surface area contributed by atoms with E-state index in [0.717, 1.165) is 4.47 Å². The number of nitrogens with zero attached hydrogens (tertiary/aromatic N) is 1. The summed E-state index contributed by atoms with van der Waals surface area (Å²) in [6.07, 6.45) is 0. The number of rotatable bonds is 3. The summed E-state index contributed by atoms with van der Waals surface area (Å²) >= 11 is 3.29. The van der Waals surface area contributed by atoms with Crippen LogP contribution in [0.25, 0.3) is 0 Å². The topological polar surface area (TPSA) is 83.6 Å². The number of likely N-dealkylation sites (tertiary alicyclic amines) is 1. The summed E-state index contributed by atoms with van der Waals surface area (Å²) in [6.45, 7) is 2.62. The molecule has 0 spiro atoms. The molecule has 0 aromatic heterocycles. The minimum Gasteiger partial charge on any atom is -0.481 e. The van der Waals surface area contributed by atoms with Gasteiger partial charge in [-0.3, -0.25) is 9.59 Å². The van der Waals surface area contributed by atoms with Crippen LogP contribution in [0.2, 0.25) is 0 Å². The average Bonchev–Trinajstić information content (AvgIpc) is 2.26. The van der Waals surface area contributed by atoms with Gasteiger partial charge in [0.25, 0.3) is 5.91 Å². The van der Waals surface area contributed by atoms with Crippen molar-refractivity contribution in [3.05, 3.63) is 28.2 Å². The zero-order valence-electron chi connectivity index (χ0n) is 10.5. The molecule has 1 fully saturated rings. The van der Waals surface area contributed by atoms with Crippen LogP contribution in [0.5, 0.6) is 0 Å². The van der Waals surface area contributed by atoms with Crippen LogP contribution in [0.1, 0.15) is 17.3 Å². The highest BCUT2D eigenvalue weighted by atomic mass is 79.9. The molecular formula is C13H15BrN2O3. The molecule has 1 unspecified atom stereocenters. The van der Waals surface area contributed by atoms with Crippen molar-refractivity contribution in [2.45, 2.75) is 6.92 Å². The molecule has 19 heavy (non-hydrogen) atoms. The van der Waals surface area contributed by atoms with Gasteiger partial charge < -0.3 is 15.7 Å². The fourth-order valence-electron chi connectivity index (χ4n) is 2.10. The van der Waals surface area contributed by atoms with E-state index in [-0.39, 0.29) is 11.8 Å². The predicted molar refractivity (Wildman–Crippen MR) is 74.7 cm³/mol. The summed E-state index contributed by atoms with van der Waals surface area (Å²) in [7, 11) is 0. The molecule has 1 amide bonds. The summed E-state index contributed by atoms with van der Waals surface area (Å²) in [5.41, 5.74) is 6.70. The van der Waals surface area contributed by atoms with Crippen LogP contribution >= 0.6 is 15.9 Å². The molecule has 1 aromatic rings. The van der Waals surface area contributed by atoms with E-state index in [2.05, 4.69) is 15.9 Å². The highest BCUT2D eigenvalue weighted by Gasteiger charge is 2.37. The van der Waals surface area contributed by atoms with Crippen LogP contribution in [0, 0.1) is 11.8 Å². The Hall–Kier alpha value is -1.56. The Morgan fingerprint density at radius 3 is 2.63 bits per heavy atom. The van der Waals surface area contributed by atoms with Gasteiger partial charge in [-0.1, -0.05) is 22.9 Å². The number of aliphatic carboxylic acids is 1. The van der Waals surface area contributed by atoms with Gasteiger partial charge in [0.2, 0.25) is 0 Å². The molecular weight excluding hydrogens is 312 g/mol. The van der Waals surface area contributed by atoms with Gasteiger partial charge in [0.05, 0.1) is 11.5 Å². The molecule has 0 radical (unpaired) electrons. The Morgan fingerprint density at radius 1 is 1.47 bits per heavy atom. The Bertz CT molecular complexity index is 527. The van der Waals surface area contributed by atoms with Crippen LogP contribution in [0.15, 0.2) is 22.7 Å². The van der Waals surface area contributed by atoms with Crippen LogP contribution in [-0.4, -0.2) is 35.0 Å². The number of anilines is 1. The number of hydrogen-bond donors (Lipinski definition) is 2. The molecule has 0 bridgehead atoms. The maximum Gasteiger partial charge on any atom is 0.306 e. The lowest BCUT2D eigenvalue weighted by Gasteiger charge is -2.41. The van der Waals surface area contributed by atoms with Crippen LogP contribution < -0.4 is 5.73 Å². The van der Waals surface area contributed by atoms with E-state index in [4.69, 9.17) is 10.8 Å². The monoisotopic (exact) mass is 326 g/mol. The number of carbonyl (C=O) groups excluding carboxylic acids is 1. The third kappa shape index (κ3) is 2.73. The lowest BCUT2D eigenvalue weighted by atomic mass is 9.86. The Morgan fingerprint density at radius 2 is 2.11 bits per heavy atom. The van der Waals surface area contributed by atoms with E-state index in [0.29, 0.717) is 24.3 Å². The molecule has 1 aliphatic rings. The number of halogens is 1. The quantitative estimate of drug-likeness (QED) is 0.830. The normalized spacial score (nSPS) is 16.8. The number of carbonyl (C=O) groups is 2. The number of carboxylic acid groups (broad SMARTS) is 1. The molecule has 6 heteroatoms. The first-order valence-corrected chi connectivity index (χ1v) is 6.76. The zero-order chi connectivity index (χ0) is 14.2. The van der Waals surface area contributed by atoms with Crippen LogP contribution in [0.3, 0.4) is 0 Å². The van der Waals surface area contributed by atoms with E-state index in [1.54, 1.807) is 30.0 Å². The standard InChI is InChI=1S/C13H15BrN2O3/c1-7(13(18)19)8-5-16(6-8)12(17)10-3-2-9(14)4-11(10)15/h2-4,7-8H,5-6,15H2,1H3,(H,18,19). The van der Waals surface area contributed by atoms with Crippen molar-refractivity contribution in [3.8, 4) is 0 Å². The Kier molecular flexibility index (Phi) is 3.80. The minimum atomic E-state index is -0.819. The first kappa shape index (κ1) is 13.9.